The van der Waals surface area contributed by atoms with Crippen LogP contribution in [-0.2, 0) is 24.1 Å². The molecule has 1 aromatic heterocycles. The molecular weight excluding hydrogens is 204 g/mol. The topological polar surface area (TPSA) is 44.1 Å². The second-order valence-corrected chi connectivity index (χ2v) is 4.72. The lowest BCUT2D eigenvalue weighted by atomic mass is 10.1. The third-order valence-electron chi connectivity index (χ3n) is 3.48. The number of nitrogens with zero attached hydrogens (tertiary/aromatic N) is 2. The van der Waals surface area contributed by atoms with Gasteiger partial charge in [0.1, 0.15) is 0 Å². The molecule has 1 saturated heterocycles. The van der Waals surface area contributed by atoms with E-state index in [-0.39, 0.29) is 5.56 Å². The van der Waals surface area contributed by atoms with Crippen molar-refractivity contribution in [3.63, 3.8) is 0 Å². The van der Waals surface area contributed by atoms with Crippen molar-refractivity contribution in [2.45, 2.75) is 32.2 Å². The molecule has 0 spiro atoms. The van der Waals surface area contributed by atoms with Crippen molar-refractivity contribution in [1.82, 2.24) is 9.78 Å². The molecule has 1 aliphatic carbocycles. The Morgan fingerprint density at radius 1 is 1.50 bits per heavy atom. The lowest BCUT2D eigenvalue weighted by molar-refractivity contribution is 0.181. The minimum absolute atomic E-state index is 0.0487. The fourth-order valence-corrected chi connectivity index (χ4v) is 2.54. The molecule has 0 bridgehead atoms. The molecule has 0 saturated carbocycles. The average molecular weight is 220 g/mol. The van der Waals surface area contributed by atoms with Crippen molar-refractivity contribution >= 4 is 0 Å². The number of rotatable bonds is 2. The highest BCUT2D eigenvalue weighted by atomic mass is 16.5. The summed E-state index contributed by atoms with van der Waals surface area (Å²) in [6.45, 7) is 2.31. The van der Waals surface area contributed by atoms with Gasteiger partial charge in [0.15, 0.2) is 0 Å². The van der Waals surface area contributed by atoms with Crippen LogP contribution in [0, 0.1) is 5.92 Å². The molecule has 1 aromatic rings. The second-order valence-electron chi connectivity index (χ2n) is 4.72. The summed E-state index contributed by atoms with van der Waals surface area (Å²) in [6, 6.07) is 1.77. The van der Waals surface area contributed by atoms with Crippen LogP contribution in [0.25, 0.3) is 0 Å². The van der Waals surface area contributed by atoms with Gasteiger partial charge in [-0.3, -0.25) is 4.79 Å². The van der Waals surface area contributed by atoms with Crippen LogP contribution in [0.4, 0.5) is 0 Å². The molecule has 2 heterocycles. The number of aromatic nitrogens is 2. The predicted molar refractivity (Wildman–Crippen MR) is 59.4 cm³/mol. The summed E-state index contributed by atoms with van der Waals surface area (Å²) < 4.78 is 6.95. The van der Waals surface area contributed by atoms with Crippen molar-refractivity contribution in [1.29, 1.82) is 0 Å². The molecule has 3 rings (SSSR count). The Morgan fingerprint density at radius 2 is 2.44 bits per heavy atom. The Bertz CT molecular complexity index is 447. The lowest BCUT2D eigenvalue weighted by Gasteiger charge is -2.10. The van der Waals surface area contributed by atoms with E-state index in [1.54, 1.807) is 10.7 Å². The monoisotopic (exact) mass is 220 g/mol. The first kappa shape index (κ1) is 10.0. The molecule has 1 atom stereocenters. The Labute approximate surface area is 94.2 Å². The van der Waals surface area contributed by atoms with E-state index >= 15 is 0 Å². The van der Waals surface area contributed by atoms with Gasteiger partial charge >= 0.3 is 0 Å². The molecular formula is C12H16N2O2. The molecule has 1 aliphatic heterocycles. The summed E-state index contributed by atoms with van der Waals surface area (Å²) in [5.74, 6) is 0.463. The molecule has 0 amide bonds. The van der Waals surface area contributed by atoms with Gasteiger partial charge in [-0.15, -0.1) is 0 Å². The lowest BCUT2D eigenvalue weighted by Crippen LogP contribution is -2.27. The predicted octanol–water partition coefficient (Wildman–Crippen LogP) is 0.768. The molecule has 0 N–H and O–H groups in total. The molecule has 16 heavy (non-hydrogen) atoms. The maximum atomic E-state index is 11.8. The Morgan fingerprint density at radius 3 is 3.25 bits per heavy atom. The van der Waals surface area contributed by atoms with Gasteiger partial charge in [-0.25, -0.2) is 4.68 Å². The van der Waals surface area contributed by atoms with E-state index in [2.05, 4.69) is 5.10 Å². The normalized spacial score (nSPS) is 23.6. The molecule has 2 aliphatic rings. The highest BCUT2D eigenvalue weighted by Gasteiger charge is 2.19. The van der Waals surface area contributed by atoms with E-state index < -0.39 is 0 Å². The van der Waals surface area contributed by atoms with E-state index in [4.69, 9.17) is 4.74 Å². The van der Waals surface area contributed by atoms with Gasteiger partial charge in [0.25, 0.3) is 5.56 Å². The van der Waals surface area contributed by atoms with Gasteiger partial charge in [0.2, 0.25) is 0 Å². The largest absolute Gasteiger partial charge is 0.381 e. The highest BCUT2D eigenvalue weighted by Crippen LogP contribution is 2.18. The summed E-state index contributed by atoms with van der Waals surface area (Å²) in [5.41, 5.74) is 2.33. The van der Waals surface area contributed by atoms with Gasteiger partial charge in [-0.1, -0.05) is 0 Å². The summed E-state index contributed by atoms with van der Waals surface area (Å²) in [6.07, 6.45) is 4.23. The maximum Gasteiger partial charge on any atom is 0.267 e. The summed E-state index contributed by atoms with van der Waals surface area (Å²) >= 11 is 0. The zero-order valence-electron chi connectivity index (χ0n) is 9.32. The Kier molecular flexibility index (Phi) is 2.52. The van der Waals surface area contributed by atoms with Crippen LogP contribution in [-0.4, -0.2) is 23.0 Å². The zero-order chi connectivity index (χ0) is 11.0. The molecule has 0 aromatic carbocycles. The molecule has 1 fully saturated rings. The zero-order valence-corrected chi connectivity index (χ0v) is 9.32. The van der Waals surface area contributed by atoms with Crippen molar-refractivity contribution < 1.29 is 4.74 Å². The van der Waals surface area contributed by atoms with Gasteiger partial charge in [0, 0.05) is 25.1 Å². The van der Waals surface area contributed by atoms with Crippen LogP contribution in [0.15, 0.2) is 10.9 Å². The Hall–Kier alpha value is -1.16. The van der Waals surface area contributed by atoms with Crippen LogP contribution in [0.2, 0.25) is 0 Å². The van der Waals surface area contributed by atoms with Crippen molar-refractivity contribution in [3.8, 4) is 0 Å². The standard InChI is InChI=1S/C12H16N2O2/c15-12-6-10-2-1-3-11(10)13-14(12)7-9-4-5-16-8-9/h6,9H,1-5,7-8H2. The SMILES string of the molecule is O=c1cc2c(nn1CC1CCOC1)CCC2. The van der Waals surface area contributed by atoms with Crippen LogP contribution in [0.1, 0.15) is 24.1 Å². The number of aryl methyl sites for hydroxylation is 2. The van der Waals surface area contributed by atoms with Crippen molar-refractivity contribution in [2.75, 3.05) is 13.2 Å². The number of hydrogen-bond donors (Lipinski definition) is 0. The van der Waals surface area contributed by atoms with Gasteiger partial charge in [0.05, 0.1) is 12.3 Å². The van der Waals surface area contributed by atoms with Crippen LogP contribution >= 0.6 is 0 Å². The molecule has 4 nitrogen and oxygen atoms in total. The van der Waals surface area contributed by atoms with Crippen LogP contribution in [0.5, 0.6) is 0 Å². The third-order valence-corrected chi connectivity index (χ3v) is 3.48. The van der Waals surface area contributed by atoms with E-state index in [9.17, 15) is 4.79 Å². The fourth-order valence-electron chi connectivity index (χ4n) is 2.54. The molecule has 86 valence electrons. The van der Waals surface area contributed by atoms with Gasteiger partial charge < -0.3 is 4.74 Å². The first-order chi connectivity index (χ1) is 7.83. The third kappa shape index (κ3) is 1.78. The molecule has 4 heteroatoms. The first-order valence-corrected chi connectivity index (χ1v) is 6.00. The maximum absolute atomic E-state index is 11.8. The smallest absolute Gasteiger partial charge is 0.267 e. The number of ether oxygens (including phenoxy) is 1. The Balaban J connectivity index is 1.86. The number of fused-ring (bicyclic) bond motifs is 1. The van der Waals surface area contributed by atoms with Crippen molar-refractivity contribution in [3.05, 3.63) is 27.7 Å². The second kappa shape index (κ2) is 4.01. The molecule has 0 radical (unpaired) electrons. The first-order valence-electron chi connectivity index (χ1n) is 6.00. The summed E-state index contributed by atoms with van der Waals surface area (Å²) in [4.78, 5) is 11.8. The molecule has 1 unspecified atom stereocenters. The van der Waals surface area contributed by atoms with E-state index in [1.165, 1.54) is 0 Å². The van der Waals surface area contributed by atoms with E-state index in [0.29, 0.717) is 12.5 Å². The van der Waals surface area contributed by atoms with Crippen LogP contribution < -0.4 is 5.56 Å². The number of hydrogen-bond acceptors (Lipinski definition) is 3. The van der Waals surface area contributed by atoms with E-state index in [0.717, 1.165) is 50.2 Å². The minimum Gasteiger partial charge on any atom is -0.381 e. The highest BCUT2D eigenvalue weighted by molar-refractivity contribution is 5.22. The summed E-state index contributed by atoms with van der Waals surface area (Å²) in [5, 5.41) is 4.46. The van der Waals surface area contributed by atoms with Crippen molar-refractivity contribution in [2.24, 2.45) is 5.92 Å². The quantitative estimate of drug-likeness (QED) is 0.739. The van der Waals surface area contributed by atoms with Crippen LogP contribution in [0.3, 0.4) is 0 Å². The van der Waals surface area contributed by atoms with Gasteiger partial charge in [-0.05, 0) is 31.2 Å². The van der Waals surface area contributed by atoms with Gasteiger partial charge in [-0.2, -0.15) is 5.10 Å². The minimum atomic E-state index is 0.0487. The van der Waals surface area contributed by atoms with E-state index in [1.807, 2.05) is 0 Å². The average Bonchev–Trinajstić information content (AvgIpc) is 2.89. The fraction of sp³-hybridized carbons (Fsp3) is 0.667. The summed E-state index contributed by atoms with van der Waals surface area (Å²) in [7, 11) is 0.